The standard InChI is InChI=1S/C54H70N8O7/c1-11-61-46-17-16-36-28-41(46)42(49(61)43-30-55-20-18-40(43)33(2)3)29-54(6,7)32-69-53(68)44-14-12-22-62(57-44)52(67)45(26-35-24-38(36)27-39(63)25-35)56-50(65)48(34(4)5)59(10)51(66)37-19-23-60(31-37)47(64)15-13-21-58(8)9/h16-18,20,24-25,27-28,30,33-34,37,44-45,48,57,63H,11-12,14,19,21-23,26,29,31-32H2,1-10H3,(H,56,65)/t37-,44-,45-,48-/m0/s1. The molecule has 15 nitrogen and oxygen atoms in total. The van der Waals surface area contributed by atoms with Gasteiger partial charge in [-0.15, -0.1) is 0 Å². The molecule has 0 saturated carbocycles. The number of phenols is 1. The average Bonchev–Trinajstić information content (AvgIpc) is 3.92. The quantitative estimate of drug-likeness (QED) is 0.139. The maximum absolute atomic E-state index is 14.8. The maximum Gasteiger partial charge on any atom is 0.324 e. The van der Waals surface area contributed by atoms with E-state index >= 15 is 0 Å². The molecule has 4 amide bonds. The van der Waals surface area contributed by atoms with Crippen LogP contribution in [0.2, 0.25) is 0 Å². The van der Waals surface area contributed by atoms with Gasteiger partial charge in [-0.3, -0.25) is 38.9 Å². The molecule has 6 bridgehead atoms. The maximum atomic E-state index is 14.8. The molecule has 0 spiro atoms. The Morgan fingerprint density at radius 1 is 1.01 bits per heavy atom. The van der Waals surface area contributed by atoms with Gasteiger partial charge in [0.25, 0.3) is 11.8 Å². The molecule has 0 unspecified atom stereocenters. The summed E-state index contributed by atoms with van der Waals surface area (Å²) in [5.74, 6) is 2.79. The second-order valence-corrected chi connectivity index (χ2v) is 20.8. The number of phenolic OH excluding ortho intramolecular Hbond substituents is 1. The zero-order chi connectivity index (χ0) is 49.9. The van der Waals surface area contributed by atoms with E-state index in [1.54, 1.807) is 24.1 Å². The number of ether oxygens (including phenoxy) is 1. The molecule has 2 aromatic heterocycles. The number of aromatic hydroxyl groups is 1. The van der Waals surface area contributed by atoms with Crippen LogP contribution in [-0.4, -0.2) is 136 Å². The van der Waals surface area contributed by atoms with Gasteiger partial charge in [-0.1, -0.05) is 59.6 Å². The van der Waals surface area contributed by atoms with Crippen molar-refractivity contribution in [2.45, 2.75) is 111 Å². The van der Waals surface area contributed by atoms with Crippen LogP contribution in [0.3, 0.4) is 0 Å². The van der Waals surface area contributed by atoms with Gasteiger partial charge in [0, 0.05) is 73.9 Å². The minimum Gasteiger partial charge on any atom is -0.508 e. The van der Waals surface area contributed by atoms with Gasteiger partial charge in [0.1, 0.15) is 23.9 Å². The van der Waals surface area contributed by atoms with E-state index in [9.17, 15) is 29.1 Å². The third-order valence-electron chi connectivity index (χ3n) is 13.7. The molecule has 0 aliphatic carbocycles. The number of nitrogens with zero attached hydrogens (tertiary/aromatic N) is 6. The molecule has 2 fully saturated rings. The van der Waals surface area contributed by atoms with E-state index in [1.807, 2.05) is 57.4 Å². The first-order valence-corrected chi connectivity index (χ1v) is 24.4. The minimum atomic E-state index is -1.16. The number of fused-ring (bicyclic) bond motifs is 6. The third-order valence-corrected chi connectivity index (χ3v) is 13.7. The Hall–Kier alpha value is -6.24. The number of cyclic esters (lactones) is 1. The first kappa shape index (κ1) is 50.6. The SMILES string of the molecule is CCn1c(-c2cnccc2C(C)C)c2c3cc(ccc31)-c1cc(O)cc(c1)C[C@H](NC(=O)[C@H](C(C)C)N(C)C(=O)[C@H]1CCN(C(=O)C#CCN(C)C)C1)C(=O)N1CCC[C@H](N1)C(=O)OCC(C)(C)C2. The Morgan fingerprint density at radius 3 is 2.49 bits per heavy atom. The molecule has 3 aliphatic heterocycles. The fraction of sp³-hybridized carbons (Fsp3) is 0.519. The smallest absolute Gasteiger partial charge is 0.324 e. The van der Waals surface area contributed by atoms with Crippen molar-refractivity contribution in [2.24, 2.45) is 17.3 Å². The lowest BCUT2D eigenvalue weighted by molar-refractivity contribution is -0.155. The van der Waals surface area contributed by atoms with E-state index in [1.165, 1.54) is 15.5 Å². The Bertz CT molecular complexity index is 2660. The molecule has 69 heavy (non-hydrogen) atoms. The number of benzene rings is 2. The highest BCUT2D eigenvalue weighted by molar-refractivity contribution is 5.97. The van der Waals surface area contributed by atoms with E-state index < -0.39 is 47.2 Å². The van der Waals surface area contributed by atoms with Crippen LogP contribution in [0.15, 0.2) is 54.9 Å². The van der Waals surface area contributed by atoms with Crippen LogP contribution in [0.4, 0.5) is 0 Å². The van der Waals surface area contributed by atoms with E-state index in [0.717, 1.165) is 38.9 Å². The van der Waals surface area contributed by atoms with Crippen molar-refractivity contribution in [1.29, 1.82) is 0 Å². The van der Waals surface area contributed by atoms with E-state index in [-0.39, 0.29) is 55.5 Å². The van der Waals surface area contributed by atoms with Gasteiger partial charge in [0.15, 0.2) is 0 Å². The molecule has 3 N–H and O–H groups in total. The Balaban J connectivity index is 1.26. The van der Waals surface area contributed by atoms with Crippen molar-refractivity contribution < 1.29 is 33.8 Å². The molecule has 0 radical (unpaired) electrons. The Labute approximate surface area is 406 Å². The van der Waals surface area contributed by atoms with Gasteiger partial charge in [-0.25, -0.2) is 5.43 Å². The monoisotopic (exact) mass is 943 g/mol. The number of carbonyl (C=O) groups is 5. The molecule has 4 aromatic rings. The van der Waals surface area contributed by atoms with Gasteiger partial charge in [0.2, 0.25) is 11.8 Å². The molecule has 15 heteroatoms. The molecule has 368 valence electrons. The highest BCUT2D eigenvalue weighted by atomic mass is 16.5. The van der Waals surface area contributed by atoms with Crippen LogP contribution in [0.5, 0.6) is 5.75 Å². The molecule has 2 aromatic carbocycles. The zero-order valence-electron chi connectivity index (χ0n) is 42.0. The second kappa shape index (κ2) is 21.2. The Kier molecular flexibility index (Phi) is 15.5. The van der Waals surface area contributed by atoms with E-state index in [2.05, 4.69) is 85.0 Å². The lowest BCUT2D eigenvalue weighted by atomic mass is 9.83. The van der Waals surface area contributed by atoms with Crippen LogP contribution in [-0.2, 0) is 48.1 Å². The van der Waals surface area contributed by atoms with Crippen molar-refractivity contribution in [2.75, 3.05) is 53.9 Å². The highest BCUT2D eigenvalue weighted by Crippen LogP contribution is 2.42. The fourth-order valence-corrected chi connectivity index (χ4v) is 10.2. The first-order chi connectivity index (χ1) is 32.8. The molecule has 4 atom stereocenters. The first-order valence-electron chi connectivity index (χ1n) is 24.4. The number of likely N-dealkylation sites (tertiary alicyclic amines) is 1. The molecular weight excluding hydrogens is 873 g/mol. The number of likely N-dealkylation sites (N-methyl/N-ethyl adjacent to an activating group) is 1. The number of hydrogen-bond acceptors (Lipinski definition) is 10. The predicted molar refractivity (Wildman–Crippen MR) is 266 cm³/mol. The summed E-state index contributed by atoms with van der Waals surface area (Å²) in [5.41, 5.74) is 10.2. The minimum absolute atomic E-state index is 0.00306. The number of pyridine rings is 1. The fourth-order valence-electron chi connectivity index (χ4n) is 10.2. The van der Waals surface area contributed by atoms with Crippen LogP contribution < -0.4 is 10.7 Å². The normalized spacial score (nSPS) is 20.1. The summed E-state index contributed by atoms with van der Waals surface area (Å²) in [6.07, 6.45) is 5.74. The topological polar surface area (TPSA) is 170 Å². The average molecular weight is 943 g/mol. The largest absolute Gasteiger partial charge is 0.508 e. The second-order valence-electron chi connectivity index (χ2n) is 20.8. The number of aromatic nitrogens is 2. The number of rotatable bonds is 9. The number of carbonyl (C=O) groups excluding carboxylic acids is 5. The van der Waals surface area contributed by atoms with Crippen molar-refractivity contribution in [3.05, 3.63) is 71.5 Å². The lowest BCUT2D eigenvalue weighted by Crippen LogP contribution is -2.62. The summed E-state index contributed by atoms with van der Waals surface area (Å²) < 4.78 is 8.46. The lowest BCUT2D eigenvalue weighted by Gasteiger charge is -2.37. The number of amides is 4. The number of esters is 1. The molecule has 3 aliphatic rings. The van der Waals surface area contributed by atoms with E-state index in [4.69, 9.17) is 4.74 Å². The van der Waals surface area contributed by atoms with Gasteiger partial charge in [-0.2, -0.15) is 0 Å². The summed E-state index contributed by atoms with van der Waals surface area (Å²) >= 11 is 0. The molecule has 5 heterocycles. The van der Waals surface area contributed by atoms with Gasteiger partial charge in [-0.05, 0) is 123 Å². The van der Waals surface area contributed by atoms with Crippen molar-refractivity contribution >= 4 is 40.5 Å². The predicted octanol–water partition coefficient (Wildman–Crippen LogP) is 5.76. The van der Waals surface area contributed by atoms with Crippen LogP contribution in [0.1, 0.15) is 90.3 Å². The van der Waals surface area contributed by atoms with Crippen LogP contribution in [0.25, 0.3) is 33.3 Å². The van der Waals surface area contributed by atoms with Crippen molar-refractivity contribution in [3.63, 3.8) is 0 Å². The summed E-state index contributed by atoms with van der Waals surface area (Å²) in [4.78, 5) is 79.8. The van der Waals surface area contributed by atoms with Gasteiger partial charge >= 0.3 is 5.97 Å². The van der Waals surface area contributed by atoms with Crippen molar-refractivity contribution in [1.82, 2.24) is 40.0 Å². The summed E-state index contributed by atoms with van der Waals surface area (Å²) in [6.45, 7) is 16.5. The summed E-state index contributed by atoms with van der Waals surface area (Å²) in [6, 6.07) is 10.7. The number of nitrogens with one attached hydrogen (secondary N) is 2. The molecule has 7 rings (SSSR count). The Morgan fingerprint density at radius 2 is 1.78 bits per heavy atom. The summed E-state index contributed by atoms with van der Waals surface area (Å²) in [7, 11) is 5.32. The summed E-state index contributed by atoms with van der Waals surface area (Å²) in [5, 5.41) is 16.8. The molecular formula is C54H70N8O7. The third kappa shape index (κ3) is 11.3. The van der Waals surface area contributed by atoms with Crippen molar-refractivity contribution in [3.8, 4) is 40.0 Å². The van der Waals surface area contributed by atoms with E-state index in [0.29, 0.717) is 50.9 Å². The number of hydrazine groups is 1. The highest BCUT2D eigenvalue weighted by Gasteiger charge is 2.40. The van der Waals surface area contributed by atoms with Crippen LogP contribution >= 0.6 is 0 Å². The van der Waals surface area contributed by atoms with Crippen LogP contribution in [0, 0.1) is 29.1 Å². The molecule has 2 saturated heterocycles. The number of aryl methyl sites for hydroxylation is 1. The van der Waals surface area contributed by atoms with Gasteiger partial charge in [0.05, 0.1) is 24.8 Å². The zero-order valence-corrected chi connectivity index (χ0v) is 42.0. The number of hydrogen-bond donors (Lipinski definition) is 3. The van der Waals surface area contributed by atoms with Gasteiger partial charge < -0.3 is 29.5 Å².